The minimum Gasteiger partial charge on any atom is -0.508 e. The minimum absolute atomic E-state index is 0.116. The van der Waals surface area contributed by atoms with Crippen LogP contribution in [0, 0.1) is 0 Å². The molecule has 80 valence electrons. The zero-order valence-corrected chi connectivity index (χ0v) is 8.66. The lowest BCUT2D eigenvalue weighted by atomic mass is 9.96. The molecule has 3 nitrogen and oxygen atoms in total. The lowest BCUT2D eigenvalue weighted by molar-refractivity contribution is -0.138. The fraction of sp³-hybridized carbons (Fsp3) is 0.417. The van der Waals surface area contributed by atoms with Crippen molar-refractivity contribution < 1.29 is 15.0 Å². The number of aromatic hydroxyl groups is 1. The Hall–Kier alpha value is -1.51. The highest BCUT2D eigenvalue weighted by molar-refractivity contribution is 5.77. The van der Waals surface area contributed by atoms with E-state index in [9.17, 15) is 9.90 Å². The number of carboxylic acids is 1. The summed E-state index contributed by atoms with van der Waals surface area (Å²) in [5.74, 6) is -1.43. The van der Waals surface area contributed by atoms with Crippen molar-refractivity contribution in [3.8, 4) is 5.75 Å². The summed E-state index contributed by atoms with van der Waals surface area (Å²) in [5.41, 5.74) is 2.88. The Bertz CT molecular complexity index is 410. The molecule has 0 fully saturated rings. The summed E-state index contributed by atoms with van der Waals surface area (Å²) in [5, 5.41) is 18.6. The number of fused-ring (bicyclic) bond motifs is 1. The van der Waals surface area contributed by atoms with Crippen LogP contribution in [0.5, 0.6) is 5.75 Å². The van der Waals surface area contributed by atoms with Crippen molar-refractivity contribution in [1.29, 1.82) is 0 Å². The summed E-state index contributed by atoms with van der Waals surface area (Å²) in [4.78, 5) is 10.8. The number of aryl methyl sites for hydroxylation is 2. The van der Waals surface area contributed by atoms with Gasteiger partial charge in [0.2, 0.25) is 0 Å². The molecule has 15 heavy (non-hydrogen) atoms. The normalized spacial score (nSPS) is 16.1. The smallest absolute Gasteiger partial charge is 0.310 e. The Labute approximate surface area is 88.4 Å². The van der Waals surface area contributed by atoms with E-state index >= 15 is 0 Å². The lowest BCUT2D eigenvalue weighted by Crippen LogP contribution is -2.08. The summed E-state index contributed by atoms with van der Waals surface area (Å²) in [6, 6.07) is 3.56. The maximum Gasteiger partial charge on any atom is 0.310 e. The predicted molar refractivity (Wildman–Crippen MR) is 56.2 cm³/mol. The SMILES string of the molecule is CC(C(=O)O)c1cc2c(cc1O)CCC2. The Balaban J connectivity index is 2.44. The molecule has 0 aliphatic heterocycles. The summed E-state index contributed by atoms with van der Waals surface area (Å²) in [6.45, 7) is 1.60. The van der Waals surface area contributed by atoms with Crippen LogP contribution in [0.3, 0.4) is 0 Å². The molecule has 0 amide bonds. The topological polar surface area (TPSA) is 57.5 Å². The number of phenols is 1. The zero-order valence-electron chi connectivity index (χ0n) is 8.66. The second kappa shape index (κ2) is 3.57. The van der Waals surface area contributed by atoms with Gasteiger partial charge in [-0.1, -0.05) is 6.07 Å². The summed E-state index contributed by atoms with van der Waals surface area (Å²) >= 11 is 0. The van der Waals surface area contributed by atoms with Gasteiger partial charge in [0.25, 0.3) is 0 Å². The molecule has 1 atom stereocenters. The number of hydrogen-bond donors (Lipinski definition) is 2. The van der Waals surface area contributed by atoms with Crippen LogP contribution in [0.2, 0.25) is 0 Å². The van der Waals surface area contributed by atoms with E-state index in [0.717, 1.165) is 24.8 Å². The van der Waals surface area contributed by atoms with E-state index < -0.39 is 11.9 Å². The van der Waals surface area contributed by atoms with E-state index in [2.05, 4.69) is 0 Å². The average Bonchev–Trinajstić information content (AvgIpc) is 2.62. The van der Waals surface area contributed by atoms with Crippen molar-refractivity contribution in [2.24, 2.45) is 0 Å². The summed E-state index contributed by atoms with van der Waals surface area (Å²) < 4.78 is 0. The second-order valence-corrected chi connectivity index (χ2v) is 4.09. The van der Waals surface area contributed by atoms with Crippen LogP contribution in [0.15, 0.2) is 12.1 Å². The van der Waals surface area contributed by atoms with Gasteiger partial charge in [0.05, 0.1) is 5.92 Å². The number of phenolic OH excluding ortho intramolecular Hbond substituents is 1. The zero-order chi connectivity index (χ0) is 11.0. The standard InChI is InChI=1S/C12H14O3/c1-7(12(14)15)10-5-8-3-2-4-9(8)6-11(10)13/h5-7,13H,2-4H2,1H3,(H,14,15). The number of carbonyl (C=O) groups is 1. The van der Waals surface area contributed by atoms with E-state index in [4.69, 9.17) is 5.11 Å². The Morgan fingerprint density at radius 2 is 1.93 bits per heavy atom. The van der Waals surface area contributed by atoms with E-state index in [1.807, 2.05) is 6.07 Å². The molecule has 3 heteroatoms. The summed E-state index contributed by atoms with van der Waals surface area (Å²) in [6.07, 6.45) is 3.08. The van der Waals surface area contributed by atoms with Crippen molar-refractivity contribution in [3.05, 3.63) is 28.8 Å². The molecule has 0 bridgehead atoms. The monoisotopic (exact) mass is 206 g/mol. The molecule has 2 N–H and O–H groups in total. The number of aliphatic carboxylic acids is 1. The number of hydrogen-bond acceptors (Lipinski definition) is 2. The van der Waals surface area contributed by atoms with Gasteiger partial charge in [-0.05, 0) is 43.4 Å². The first-order valence-corrected chi connectivity index (χ1v) is 5.17. The van der Waals surface area contributed by atoms with Gasteiger partial charge < -0.3 is 10.2 Å². The average molecular weight is 206 g/mol. The Morgan fingerprint density at radius 3 is 2.53 bits per heavy atom. The van der Waals surface area contributed by atoms with Crippen LogP contribution < -0.4 is 0 Å². The van der Waals surface area contributed by atoms with Gasteiger partial charge in [-0.2, -0.15) is 0 Å². The van der Waals surface area contributed by atoms with Crippen molar-refractivity contribution in [2.45, 2.75) is 32.1 Å². The van der Waals surface area contributed by atoms with Crippen LogP contribution >= 0.6 is 0 Å². The first-order chi connectivity index (χ1) is 7.09. The minimum atomic E-state index is -0.900. The fourth-order valence-electron chi connectivity index (χ4n) is 2.11. The first-order valence-electron chi connectivity index (χ1n) is 5.17. The highest BCUT2D eigenvalue weighted by Crippen LogP contribution is 2.33. The molecular weight excluding hydrogens is 192 g/mol. The third-order valence-electron chi connectivity index (χ3n) is 3.08. The van der Waals surface area contributed by atoms with Crippen LogP contribution in [-0.4, -0.2) is 16.2 Å². The van der Waals surface area contributed by atoms with Gasteiger partial charge in [0.1, 0.15) is 5.75 Å². The quantitative estimate of drug-likeness (QED) is 0.778. The third kappa shape index (κ3) is 1.69. The van der Waals surface area contributed by atoms with Gasteiger partial charge in [-0.3, -0.25) is 4.79 Å². The molecular formula is C12H14O3. The van der Waals surface area contributed by atoms with E-state index in [1.165, 1.54) is 5.56 Å². The van der Waals surface area contributed by atoms with Gasteiger partial charge in [-0.25, -0.2) is 0 Å². The largest absolute Gasteiger partial charge is 0.508 e. The molecule has 1 aliphatic carbocycles. The highest BCUT2D eigenvalue weighted by atomic mass is 16.4. The van der Waals surface area contributed by atoms with Crippen LogP contribution in [0.25, 0.3) is 0 Å². The van der Waals surface area contributed by atoms with Gasteiger partial charge >= 0.3 is 5.97 Å². The molecule has 0 heterocycles. The number of carboxylic acid groups (broad SMARTS) is 1. The second-order valence-electron chi connectivity index (χ2n) is 4.09. The molecule has 0 saturated heterocycles. The van der Waals surface area contributed by atoms with Crippen LogP contribution in [0.4, 0.5) is 0 Å². The van der Waals surface area contributed by atoms with Gasteiger partial charge in [0.15, 0.2) is 0 Å². The van der Waals surface area contributed by atoms with Crippen molar-refractivity contribution in [2.75, 3.05) is 0 Å². The van der Waals surface area contributed by atoms with Crippen LogP contribution in [-0.2, 0) is 17.6 Å². The van der Waals surface area contributed by atoms with Crippen molar-refractivity contribution in [3.63, 3.8) is 0 Å². The third-order valence-corrected chi connectivity index (χ3v) is 3.08. The highest BCUT2D eigenvalue weighted by Gasteiger charge is 2.21. The fourth-order valence-corrected chi connectivity index (χ4v) is 2.11. The maximum absolute atomic E-state index is 10.8. The van der Waals surface area contributed by atoms with E-state index in [0.29, 0.717) is 5.56 Å². The number of benzene rings is 1. The Kier molecular flexibility index (Phi) is 2.39. The van der Waals surface area contributed by atoms with E-state index in [1.54, 1.807) is 13.0 Å². The van der Waals surface area contributed by atoms with Crippen molar-refractivity contribution in [1.82, 2.24) is 0 Å². The molecule has 1 unspecified atom stereocenters. The summed E-state index contributed by atoms with van der Waals surface area (Å²) in [7, 11) is 0. The first kappa shape index (κ1) is 10.0. The lowest BCUT2D eigenvalue weighted by Gasteiger charge is -2.11. The Morgan fingerprint density at radius 1 is 1.33 bits per heavy atom. The molecule has 1 aromatic rings. The van der Waals surface area contributed by atoms with Crippen molar-refractivity contribution >= 4 is 5.97 Å². The number of rotatable bonds is 2. The van der Waals surface area contributed by atoms with Gasteiger partial charge in [0, 0.05) is 5.56 Å². The van der Waals surface area contributed by atoms with E-state index in [-0.39, 0.29) is 5.75 Å². The molecule has 0 aromatic heterocycles. The van der Waals surface area contributed by atoms with Crippen LogP contribution in [0.1, 0.15) is 36.0 Å². The predicted octanol–water partition coefficient (Wildman–Crippen LogP) is 2.07. The molecule has 0 saturated carbocycles. The molecule has 1 aromatic carbocycles. The maximum atomic E-state index is 10.8. The van der Waals surface area contributed by atoms with Gasteiger partial charge in [-0.15, -0.1) is 0 Å². The molecule has 0 radical (unpaired) electrons. The molecule has 0 spiro atoms. The molecule has 1 aliphatic rings. The molecule has 2 rings (SSSR count).